The molecule has 14 heteroatoms. The fourth-order valence-electron chi connectivity index (χ4n) is 6.63. The van der Waals surface area contributed by atoms with Gasteiger partial charge in [-0.15, -0.1) is 0 Å². The van der Waals surface area contributed by atoms with Crippen LogP contribution >= 0.6 is 0 Å². The third-order valence-corrected chi connectivity index (χ3v) is 9.39. The number of carbonyl (C=O) groups excluding carboxylic acids is 2. The maximum atomic E-state index is 14.3. The molecule has 6 aromatic rings. The molecule has 0 unspecified atom stereocenters. The number of hydrogen-bond donors (Lipinski definition) is 2. The zero-order valence-electron chi connectivity index (χ0n) is 31.0. The minimum atomic E-state index is -4.65. The number of rotatable bonds is 8. The molecule has 4 aromatic carbocycles. The molecule has 1 amide bonds. The van der Waals surface area contributed by atoms with E-state index in [4.69, 9.17) is 19.9 Å². The van der Waals surface area contributed by atoms with Crippen LogP contribution in [0.1, 0.15) is 60.8 Å². The van der Waals surface area contributed by atoms with Gasteiger partial charge < -0.3 is 29.8 Å². The smallest absolute Gasteiger partial charge is 0.417 e. The quantitative estimate of drug-likeness (QED) is 0.117. The molecule has 1 saturated heterocycles. The van der Waals surface area contributed by atoms with E-state index in [2.05, 4.69) is 10.1 Å². The van der Waals surface area contributed by atoms with Crippen molar-refractivity contribution in [2.45, 2.75) is 58.4 Å². The summed E-state index contributed by atoms with van der Waals surface area (Å²) in [4.78, 5) is 31.2. The molecule has 0 radical (unpaired) electrons. The molecule has 2 aromatic heterocycles. The average Bonchev–Trinajstić information content (AvgIpc) is 3.75. The van der Waals surface area contributed by atoms with Gasteiger partial charge in [-0.2, -0.15) is 18.3 Å². The van der Waals surface area contributed by atoms with Crippen LogP contribution in [-0.2, 0) is 10.9 Å². The summed E-state index contributed by atoms with van der Waals surface area (Å²) in [5.41, 5.74) is 6.90. The number of aryl methyl sites for hydroxylation is 1. The average molecular weight is 770 g/mol. The Morgan fingerprint density at radius 3 is 2.29 bits per heavy atom. The van der Waals surface area contributed by atoms with Gasteiger partial charge in [-0.1, -0.05) is 30.3 Å². The van der Waals surface area contributed by atoms with E-state index in [1.54, 1.807) is 81.1 Å². The van der Waals surface area contributed by atoms with Crippen molar-refractivity contribution in [2.75, 3.05) is 18.8 Å². The van der Waals surface area contributed by atoms with Gasteiger partial charge in [-0.25, -0.2) is 13.9 Å². The number of amides is 1. The Labute approximate surface area is 319 Å². The summed E-state index contributed by atoms with van der Waals surface area (Å²) in [5, 5.41) is 4.87. The summed E-state index contributed by atoms with van der Waals surface area (Å²) >= 11 is 0. The van der Waals surface area contributed by atoms with E-state index in [1.165, 1.54) is 41.2 Å². The van der Waals surface area contributed by atoms with Gasteiger partial charge in [0.2, 0.25) is 5.78 Å². The molecule has 0 saturated carbocycles. The molecule has 56 heavy (non-hydrogen) atoms. The number of aromatic nitrogens is 3. The number of nitrogens with one attached hydrogen (secondary N) is 1. The van der Waals surface area contributed by atoms with Crippen molar-refractivity contribution >= 4 is 28.6 Å². The lowest BCUT2D eigenvalue weighted by molar-refractivity contribution is -0.137. The van der Waals surface area contributed by atoms with Gasteiger partial charge in [0, 0.05) is 42.4 Å². The molecule has 10 nitrogen and oxygen atoms in total. The van der Waals surface area contributed by atoms with Crippen LogP contribution in [0.15, 0.2) is 91.1 Å². The van der Waals surface area contributed by atoms with Crippen LogP contribution in [0.3, 0.4) is 0 Å². The standard InChI is InChI=1S/C42H39F4N5O5/c1-24-19-26(13-14-35(24)55-36-12-8-7-11-32(36)43)51-39(47)30(23-48-51)38(52)34-20-25-21-37(54-27-15-17-50(18-16-27)40(53)56-41(2,3)4)29(22-33(25)49-34)28-9-5-6-10-31(28)42(44,45)46/h5-14,19-23,27,49H,15-18,47H2,1-4H3. The van der Waals surface area contributed by atoms with Gasteiger partial charge in [0.1, 0.15) is 29.0 Å². The number of ketones is 1. The molecule has 0 bridgehead atoms. The van der Waals surface area contributed by atoms with Crippen molar-refractivity contribution in [3.8, 4) is 34.1 Å². The van der Waals surface area contributed by atoms with Crippen LogP contribution in [0.4, 0.5) is 28.2 Å². The highest BCUT2D eigenvalue weighted by Gasteiger charge is 2.35. The highest BCUT2D eigenvalue weighted by Crippen LogP contribution is 2.43. The lowest BCUT2D eigenvalue weighted by Crippen LogP contribution is -2.44. The molecule has 3 N–H and O–H groups in total. The molecular formula is C42H39F4N5O5. The van der Waals surface area contributed by atoms with Gasteiger partial charge >= 0.3 is 12.3 Å². The number of ether oxygens (including phenoxy) is 3. The number of para-hydroxylation sites is 1. The molecular weight excluding hydrogens is 730 g/mol. The number of H-pyrrole nitrogens is 1. The zero-order valence-corrected chi connectivity index (χ0v) is 31.0. The SMILES string of the molecule is Cc1cc(-n2ncc(C(=O)c3cc4cc(OC5CCN(C(=O)OC(C)(C)C)CC5)c(-c5ccccc5C(F)(F)F)cc4[nH]3)c2N)ccc1Oc1ccccc1F. The summed E-state index contributed by atoms with van der Waals surface area (Å²) in [7, 11) is 0. The molecule has 0 spiro atoms. The first-order valence-corrected chi connectivity index (χ1v) is 18.0. The largest absolute Gasteiger partial charge is 0.490 e. The van der Waals surface area contributed by atoms with Gasteiger partial charge in [0.05, 0.1) is 28.7 Å². The topological polar surface area (TPSA) is 125 Å². The number of anilines is 1. The lowest BCUT2D eigenvalue weighted by atomic mass is 9.97. The van der Waals surface area contributed by atoms with Crippen molar-refractivity contribution < 1.29 is 41.4 Å². The number of carbonyl (C=O) groups is 2. The second kappa shape index (κ2) is 14.7. The van der Waals surface area contributed by atoms with Crippen LogP contribution in [0.25, 0.3) is 27.7 Å². The molecule has 1 fully saturated rings. The summed E-state index contributed by atoms with van der Waals surface area (Å²) < 4.78 is 76.1. The van der Waals surface area contributed by atoms with Crippen LogP contribution in [-0.4, -0.2) is 56.3 Å². The maximum Gasteiger partial charge on any atom is 0.417 e. The number of aromatic amines is 1. The molecule has 3 heterocycles. The molecule has 0 aliphatic carbocycles. The monoisotopic (exact) mass is 769 g/mol. The molecule has 1 aliphatic heterocycles. The van der Waals surface area contributed by atoms with E-state index < -0.39 is 41.1 Å². The van der Waals surface area contributed by atoms with Crippen molar-refractivity contribution in [1.82, 2.24) is 19.7 Å². The summed E-state index contributed by atoms with van der Waals surface area (Å²) in [6.45, 7) is 7.83. The Bertz CT molecular complexity index is 2440. The number of nitrogens with two attached hydrogens (primary N) is 1. The Kier molecular flexibility index (Phi) is 9.99. The molecule has 7 rings (SSSR count). The number of benzene rings is 4. The second-order valence-electron chi connectivity index (χ2n) is 14.6. The van der Waals surface area contributed by atoms with E-state index >= 15 is 0 Å². The van der Waals surface area contributed by atoms with Crippen molar-refractivity contribution in [2.24, 2.45) is 0 Å². The summed E-state index contributed by atoms with van der Waals surface area (Å²) in [6.07, 6.45) is -3.30. The normalized spacial score (nSPS) is 13.9. The van der Waals surface area contributed by atoms with E-state index in [0.29, 0.717) is 53.8 Å². The fraction of sp³-hybridized carbons (Fsp3) is 0.262. The van der Waals surface area contributed by atoms with E-state index in [0.717, 1.165) is 6.07 Å². The zero-order chi connectivity index (χ0) is 39.9. The number of nitrogen functional groups attached to an aromatic ring is 1. The van der Waals surface area contributed by atoms with Gasteiger partial charge in [0.25, 0.3) is 0 Å². The Balaban J connectivity index is 1.18. The van der Waals surface area contributed by atoms with Crippen molar-refractivity contribution in [1.29, 1.82) is 0 Å². The fourth-order valence-corrected chi connectivity index (χ4v) is 6.63. The van der Waals surface area contributed by atoms with E-state index in [1.807, 2.05) is 0 Å². The minimum absolute atomic E-state index is 0.0531. The lowest BCUT2D eigenvalue weighted by Gasteiger charge is -2.34. The van der Waals surface area contributed by atoms with Crippen LogP contribution in [0.2, 0.25) is 0 Å². The highest BCUT2D eigenvalue weighted by molar-refractivity contribution is 6.13. The molecule has 290 valence electrons. The third kappa shape index (κ3) is 7.90. The van der Waals surface area contributed by atoms with Gasteiger partial charge in [-0.3, -0.25) is 4.79 Å². The predicted octanol–water partition coefficient (Wildman–Crippen LogP) is 9.87. The first-order chi connectivity index (χ1) is 26.6. The van der Waals surface area contributed by atoms with Gasteiger partial charge in [0.15, 0.2) is 11.6 Å². The first-order valence-electron chi connectivity index (χ1n) is 18.0. The van der Waals surface area contributed by atoms with Crippen LogP contribution in [0, 0.1) is 12.7 Å². The highest BCUT2D eigenvalue weighted by atomic mass is 19.4. The van der Waals surface area contributed by atoms with Crippen molar-refractivity contribution in [3.63, 3.8) is 0 Å². The van der Waals surface area contributed by atoms with E-state index in [-0.39, 0.29) is 39.7 Å². The number of halogens is 4. The van der Waals surface area contributed by atoms with E-state index in [9.17, 15) is 27.2 Å². The number of piperidine rings is 1. The number of hydrogen-bond acceptors (Lipinski definition) is 7. The summed E-state index contributed by atoms with van der Waals surface area (Å²) in [5.74, 6) is -0.244. The third-order valence-electron chi connectivity index (χ3n) is 9.39. The second-order valence-corrected chi connectivity index (χ2v) is 14.6. The number of fused-ring (bicyclic) bond motifs is 1. The Hall–Kier alpha value is -6.31. The first kappa shape index (κ1) is 38.0. The number of nitrogens with zero attached hydrogens (tertiary/aromatic N) is 3. The van der Waals surface area contributed by atoms with Crippen LogP contribution < -0.4 is 15.2 Å². The number of alkyl halides is 3. The molecule has 0 atom stereocenters. The van der Waals surface area contributed by atoms with Crippen molar-refractivity contribution in [3.05, 3.63) is 119 Å². The molecule has 1 aliphatic rings. The Morgan fingerprint density at radius 1 is 0.875 bits per heavy atom. The van der Waals surface area contributed by atoms with Gasteiger partial charge in [-0.05, 0) is 93.4 Å². The minimum Gasteiger partial charge on any atom is -0.490 e. The Morgan fingerprint density at radius 2 is 1.59 bits per heavy atom. The van der Waals surface area contributed by atoms with Crippen LogP contribution in [0.5, 0.6) is 17.2 Å². The summed E-state index contributed by atoms with van der Waals surface area (Å²) in [6, 6.07) is 21.1. The predicted molar refractivity (Wildman–Crippen MR) is 203 cm³/mol. The number of likely N-dealkylation sites (tertiary alicyclic amines) is 1. The maximum absolute atomic E-state index is 14.3.